The highest BCUT2D eigenvalue weighted by Gasteiger charge is 2.41. The van der Waals surface area contributed by atoms with Crippen molar-refractivity contribution >= 4 is 34.7 Å². The van der Waals surface area contributed by atoms with Gasteiger partial charge < -0.3 is 14.6 Å². The average molecular weight is 360 g/mol. The summed E-state index contributed by atoms with van der Waals surface area (Å²) in [4.78, 5) is 26.2. The van der Waals surface area contributed by atoms with Crippen molar-refractivity contribution in [2.24, 2.45) is 0 Å². The highest BCUT2D eigenvalue weighted by Crippen LogP contribution is 2.38. The average Bonchev–Trinajstić information content (AvgIpc) is 2.84. The van der Waals surface area contributed by atoms with Crippen LogP contribution in [-0.4, -0.2) is 31.1 Å². The molecule has 2 aromatic carbocycles. The maximum absolute atomic E-state index is 12.8. The van der Waals surface area contributed by atoms with E-state index in [2.05, 4.69) is 0 Å². The van der Waals surface area contributed by atoms with Crippen LogP contribution in [0.3, 0.4) is 0 Å². The van der Waals surface area contributed by atoms with Gasteiger partial charge >= 0.3 is 5.91 Å². The molecule has 1 N–H and O–H groups in total. The fourth-order valence-corrected chi connectivity index (χ4v) is 2.71. The number of anilines is 1. The van der Waals surface area contributed by atoms with E-state index in [-0.39, 0.29) is 11.3 Å². The van der Waals surface area contributed by atoms with Gasteiger partial charge in [-0.3, -0.25) is 9.59 Å². The van der Waals surface area contributed by atoms with Gasteiger partial charge in [0.15, 0.2) is 5.76 Å². The molecule has 0 bridgehead atoms. The summed E-state index contributed by atoms with van der Waals surface area (Å²) >= 11 is 5.85. The number of hydrogen-bond donors (Lipinski definition) is 1. The van der Waals surface area contributed by atoms with Gasteiger partial charge in [-0.2, -0.15) is 0 Å². The Bertz CT molecular complexity index is 889. The normalized spacial score (nSPS) is 14.3. The van der Waals surface area contributed by atoms with Crippen LogP contribution in [0.4, 0.5) is 5.69 Å². The van der Waals surface area contributed by atoms with Gasteiger partial charge in [0.05, 0.1) is 25.5 Å². The molecule has 0 spiro atoms. The molecule has 128 valence electrons. The first-order chi connectivity index (χ1) is 12.0. The molecule has 2 amide bonds. The largest absolute Gasteiger partial charge is 0.502 e. The third kappa shape index (κ3) is 2.81. The molecule has 25 heavy (non-hydrogen) atoms. The number of halogens is 1. The van der Waals surface area contributed by atoms with E-state index < -0.39 is 17.6 Å². The lowest BCUT2D eigenvalue weighted by molar-refractivity contribution is -0.121. The van der Waals surface area contributed by atoms with E-state index in [1.54, 1.807) is 36.4 Å². The summed E-state index contributed by atoms with van der Waals surface area (Å²) in [6.45, 7) is 0. The highest BCUT2D eigenvalue weighted by atomic mass is 35.5. The van der Waals surface area contributed by atoms with E-state index in [0.29, 0.717) is 22.1 Å². The maximum Gasteiger partial charge on any atom is 0.301 e. The summed E-state index contributed by atoms with van der Waals surface area (Å²) in [6, 6.07) is 11.0. The van der Waals surface area contributed by atoms with Gasteiger partial charge in [-0.1, -0.05) is 23.7 Å². The second kappa shape index (κ2) is 6.49. The standard InChI is InChI=1S/C18H14ClNO5/c1-24-12-7-8-14(25-2)13(9-12)20-17(22)15(16(21)18(20)23)10-3-5-11(19)6-4-10/h3-9,21H,1-2H3. The van der Waals surface area contributed by atoms with Crippen molar-refractivity contribution in [2.75, 3.05) is 19.1 Å². The van der Waals surface area contributed by atoms with Crippen molar-refractivity contribution in [1.82, 2.24) is 0 Å². The number of carbonyl (C=O) groups is 2. The second-order valence-electron chi connectivity index (χ2n) is 5.21. The molecule has 0 saturated heterocycles. The van der Waals surface area contributed by atoms with Gasteiger partial charge in [-0.05, 0) is 29.8 Å². The van der Waals surface area contributed by atoms with Crippen molar-refractivity contribution < 1.29 is 24.2 Å². The minimum atomic E-state index is -0.832. The van der Waals surface area contributed by atoms with Crippen LogP contribution in [0.15, 0.2) is 48.2 Å². The Hall–Kier alpha value is -2.99. The molecule has 1 heterocycles. The molecule has 0 aromatic heterocycles. The van der Waals surface area contributed by atoms with Crippen LogP contribution in [0.2, 0.25) is 5.02 Å². The molecule has 0 saturated carbocycles. The molecule has 1 aliphatic heterocycles. The monoisotopic (exact) mass is 359 g/mol. The molecule has 0 unspecified atom stereocenters. The lowest BCUT2D eigenvalue weighted by Gasteiger charge is -2.18. The maximum atomic E-state index is 12.8. The number of benzene rings is 2. The van der Waals surface area contributed by atoms with Gasteiger partial charge in [-0.15, -0.1) is 0 Å². The molecule has 2 aromatic rings. The van der Waals surface area contributed by atoms with Crippen molar-refractivity contribution in [2.45, 2.75) is 0 Å². The molecule has 1 aliphatic rings. The van der Waals surface area contributed by atoms with Gasteiger partial charge in [0, 0.05) is 11.1 Å². The van der Waals surface area contributed by atoms with Crippen molar-refractivity contribution in [3.8, 4) is 11.5 Å². The number of ether oxygens (including phenoxy) is 2. The number of aliphatic hydroxyl groups is 1. The SMILES string of the molecule is COc1ccc(OC)c(N2C(=O)C(O)=C(c3ccc(Cl)cc3)C2=O)c1. The summed E-state index contributed by atoms with van der Waals surface area (Å²) in [5.74, 6) is -1.38. The van der Waals surface area contributed by atoms with Crippen LogP contribution in [0.25, 0.3) is 5.57 Å². The van der Waals surface area contributed by atoms with Crippen LogP contribution >= 0.6 is 11.6 Å². The zero-order chi connectivity index (χ0) is 18.1. The van der Waals surface area contributed by atoms with Crippen LogP contribution in [0.1, 0.15) is 5.56 Å². The predicted octanol–water partition coefficient (Wildman–Crippen LogP) is 3.20. The highest BCUT2D eigenvalue weighted by molar-refractivity contribution is 6.45. The van der Waals surface area contributed by atoms with Gasteiger partial charge in [-0.25, -0.2) is 4.90 Å². The molecule has 0 radical (unpaired) electrons. The lowest BCUT2D eigenvalue weighted by atomic mass is 10.1. The zero-order valence-corrected chi connectivity index (χ0v) is 14.2. The minimum Gasteiger partial charge on any atom is -0.502 e. The number of rotatable bonds is 4. The van der Waals surface area contributed by atoms with E-state index in [0.717, 1.165) is 4.90 Å². The van der Waals surface area contributed by atoms with E-state index in [9.17, 15) is 14.7 Å². The molecule has 0 aliphatic carbocycles. The van der Waals surface area contributed by atoms with Crippen molar-refractivity contribution in [3.05, 3.63) is 58.8 Å². The predicted molar refractivity (Wildman–Crippen MR) is 93.0 cm³/mol. The fourth-order valence-electron chi connectivity index (χ4n) is 2.59. The Kier molecular flexibility index (Phi) is 4.37. The quantitative estimate of drug-likeness (QED) is 0.848. The number of amides is 2. The first-order valence-corrected chi connectivity index (χ1v) is 7.65. The van der Waals surface area contributed by atoms with E-state index in [1.807, 2.05) is 0 Å². The lowest BCUT2D eigenvalue weighted by Crippen LogP contribution is -2.31. The van der Waals surface area contributed by atoms with Crippen molar-refractivity contribution in [3.63, 3.8) is 0 Å². The Morgan fingerprint density at radius 1 is 0.960 bits per heavy atom. The zero-order valence-electron chi connectivity index (χ0n) is 13.4. The Morgan fingerprint density at radius 3 is 2.24 bits per heavy atom. The molecular formula is C18H14ClNO5. The van der Waals surface area contributed by atoms with Crippen LogP contribution in [0, 0.1) is 0 Å². The molecule has 0 fully saturated rings. The summed E-state index contributed by atoms with van der Waals surface area (Å²) in [7, 11) is 2.89. The minimum absolute atomic E-state index is 0.0912. The van der Waals surface area contributed by atoms with Crippen LogP contribution in [-0.2, 0) is 9.59 Å². The number of nitrogens with zero attached hydrogens (tertiary/aromatic N) is 1. The third-order valence-corrected chi connectivity index (χ3v) is 4.07. The third-order valence-electron chi connectivity index (χ3n) is 3.82. The molecule has 7 heteroatoms. The number of carbonyl (C=O) groups excluding carboxylic acids is 2. The summed E-state index contributed by atoms with van der Waals surface area (Å²) in [5, 5.41) is 10.7. The molecular weight excluding hydrogens is 346 g/mol. The molecule has 0 atom stereocenters. The van der Waals surface area contributed by atoms with Gasteiger partial charge in [0.1, 0.15) is 11.5 Å². The van der Waals surface area contributed by atoms with E-state index in [4.69, 9.17) is 21.1 Å². The van der Waals surface area contributed by atoms with Crippen LogP contribution in [0.5, 0.6) is 11.5 Å². The Morgan fingerprint density at radius 2 is 1.64 bits per heavy atom. The number of aliphatic hydroxyl groups excluding tert-OH is 1. The summed E-state index contributed by atoms with van der Waals surface area (Å²) in [6.07, 6.45) is 0. The smallest absolute Gasteiger partial charge is 0.301 e. The first-order valence-electron chi connectivity index (χ1n) is 7.28. The number of methoxy groups -OCH3 is 2. The van der Waals surface area contributed by atoms with E-state index in [1.165, 1.54) is 20.3 Å². The Balaban J connectivity index is 2.09. The van der Waals surface area contributed by atoms with Crippen molar-refractivity contribution in [1.29, 1.82) is 0 Å². The molecule has 6 nitrogen and oxygen atoms in total. The summed E-state index contributed by atoms with van der Waals surface area (Å²) < 4.78 is 10.4. The Labute approximate surface area is 148 Å². The first kappa shape index (κ1) is 16.9. The van der Waals surface area contributed by atoms with Crippen LogP contribution < -0.4 is 14.4 Å². The van der Waals surface area contributed by atoms with E-state index >= 15 is 0 Å². The topological polar surface area (TPSA) is 76.1 Å². The number of imide groups is 1. The molecule has 3 rings (SSSR count). The van der Waals surface area contributed by atoms with Gasteiger partial charge in [0.2, 0.25) is 0 Å². The fraction of sp³-hybridized carbons (Fsp3) is 0.111. The second-order valence-corrected chi connectivity index (χ2v) is 5.65. The number of hydrogen-bond acceptors (Lipinski definition) is 5. The van der Waals surface area contributed by atoms with Gasteiger partial charge in [0.25, 0.3) is 5.91 Å². The summed E-state index contributed by atoms with van der Waals surface area (Å²) in [5.41, 5.74) is 0.489.